The van der Waals surface area contributed by atoms with E-state index in [0.717, 1.165) is 37.9 Å². The lowest BCUT2D eigenvalue weighted by Gasteiger charge is -2.29. The number of amides is 1. The maximum absolute atomic E-state index is 13.2. The molecular weight excluding hydrogens is 377 g/mol. The van der Waals surface area contributed by atoms with Crippen LogP contribution in [0.15, 0.2) is 64.2 Å². The van der Waals surface area contributed by atoms with Crippen LogP contribution in [0.2, 0.25) is 0 Å². The summed E-state index contributed by atoms with van der Waals surface area (Å²) < 4.78 is 18.9. The van der Waals surface area contributed by atoms with Crippen molar-refractivity contribution >= 4 is 17.7 Å². The summed E-state index contributed by atoms with van der Waals surface area (Å²) in [5.41, 5.74) is 1.55. The molecule has 7 heteroatoms. The number of benzene rings is 2. The topological polar surface area (TPSA) is 59.2 Å². The zero-order valence-corrected chi connectivity index (χ0v) is 16.1. The summed E-state index contributed by atoms with van der Waals surface area (Å²) in [6.45, 7) is 1.57. The minimum atomic E-state index is -0.444. The normalized spacial score (nSPS) is 15.4. The van der Waals surface area contributed by atoms with Crippen molar-refractivity contribution in [3.63, 3.8) is 0 Å². The van der Waals surface area contributed by atoms with Gasteiger partial charge in [-0.1, -0.05) is 30.3 Å². The molecule has 4 rings (SSSR count). The van der Waals surface area contributed by atoms with Gasteiger partial charge in [0.1, 0.15) is 11.1 Å². The number of thioether (sulfide) groups is 1. The molecule has 1 atom stereocenters. The van der Waals surface area contributed by atoms with Crippen molar-refractivity contribution in [3.05, 3.63) is 66.0 Å². The fourth-order valence-corrected chi connectivity index (χ4v) is 4.20. The van der Waals surface area contributed by atoms with Gasteiger partial charge in [0.2, 0.25) is 11.8 Å². The molecule has 28 heavy (non-hydrogen) atoms. The molecule has 0 unspecified atom stereocenters. The number of hydrogen-bond donors (Lipinski definition) is 0. The predicted octanol–water partition coefficient (Wildman–Crippen LogP) is 4.72. The van der Waals surface area contributed by atoms with Crippen LogP contribution in [-0.4, -0.2) is 34.1 Å². The van der Waals surface area contributed by atoms with Gasteiger partial charge in [-0.2, -0.15) is 0 Å². The highest BCUT2D eigenvalue weighted by Crippen LogP contribution is 2.37. The summed E-state index contributed by atoms with van der Waals surface area (Å²) in [7, 11) is 0. The first-order valence-electron chi connectivity index (χ1n) is 9.30. The van der Waals surface area contributed by atoms with Gasteiger partial charge >= 0.3 is 0 Å². The Morgan fingerprint density at radius 3 is 2.43 bits per heavy atom. The first-order chi connectivity index (χ1) is 13.7. The molecule has 1 aliphatic heterocycles. The van der Waals surface area contributed by atoms with Crippen LogP contribution in [0.25, 0.3) is 11.5 Å². The number of hydrogen-bond acceptors (Lipinski definition) is 5. The fourth-order valence-electron chi connectivity index (χ4n) is 3.24. The van der Waals surface area contributed by atoms with Crippen molar-refractivity contribution in [1.82, 2.24) is 15.1 Å². The van der Waals surface area contributed by atoms with Crippen LogP contribution in [-0.2, 0) is 4.79 Å². The summed E-state index contributed by atoms with van der Waals surface area (Å²) in [5.74, 6) is 0.0475. The second kappa shape index (κ2) is 8.56. The molecular formula is C21H20FN3O2S. The predicted molar refractivity (Wildman–Crippen MR) is 105 cm³/mol. The molecule has 3 aromatic rings. The maximum Gasteiger partial charge on any atom is 0.277 e. The van der Waals surface area contributed by atoms with Crippen molar-refractivity contribution in [3.8, 4) is 11.5 Å². The third-order valence-corrected chi connectivity index (χ3v) is 5.79. The largest absolute Gasteiger partial charge is 0.411 e. The summed E-state index contributed by atoms with van der Waals surface area (Å²) >= 11 is 1.26. The quantitative estimate of drug-likeness (QED) is 0.583. The fraction of sp³-hybridized carbons (Fsp3) is 0.286. The summed E-state index contributed by atoms with van der Waals surface area (Å²) in [5, 5.41) is 8.01. The number of nitrogens with zero attached hydrogens (tertiary/aromatic N) is 3. The van der Waals surface area contributed by atoms with Crippen LogP contribution in [0.5, 0.6) is 0 Å². The Balaban J connectivity index is 1.57. The van der Waals surface area contributed by atoms with Crippen molar-refractivity contribution in [2.45, 2.75) is 29.7 Å². The van der Waals surface area contributed by atoms with E-state index in [-0.39, 0.29) is 11.7 Å². The van der Waals surface area contributed by atoms with E-state index < -0.39 is 5.25 Å². The molecule has 2 aromatic carbocycles. The Kier molecular flexibility index (Phi) is 5.71. The van der Waals surface area contributed by atoms with Gasteiger partial charge in [-0.05, 0) is 60.9 Å². The lowest BCUT2D eigenvalue weighted by atomic mass is 10.1. The summed E-state index contributed by atoms with van der Waals surface area (Å²) in [4.78, 5) is 15.1. The van der Waals surface area contributed by atoms with Crippen molar-refractivity contribution in [2.24, 2.45) is 0 Å². The highest BCUT2D eigenvalue weighted by atomic mass is 32.2. The Morgan fingerprint density at radius 1 is 1.00 bits per heavy atom. The number of likely N-dealkylation sites (tertiary alicyclic amines) is 1. The van der Waals surface area contributed by atoms with Gasteiger partial charge in [0.05, 0.1) is 0 Å². The average molecular weight is 397 g/mol. The van der Waals surface area contributed by atoms with E-state index in [4.69, 9.17) is 4.42 Å². The van der Waals surface area contributed by atoms with Gasteiger partial charge in [0.25, 0.3) is 5.22 Å². The molecule has 0 N–H and O–H groups in total. The van der Waals surface area contributed by atoms with Crippen molar-refractivity contribution in [2.75, 3.05) is 13.1 Å². The maximum atomic E-state index is 13.2. The van der Waals surface area contributed by atoms with Gasteiger partial charge in [0, 0.05) is 18.7 Å². The molecule has 0 bridgehead atoms. The third kappa shape index (κ3) is 4.25. The van der Waals surface area contributed by atoms with Crippen LogP contribution in [0.3, 0.4) is 0 Å². The van der Waals surface area contributed by atoms with Crippen LogP contribution in [0, 0.1) is 5.82 Å². The molecule has 0 saturated carbocycles. The molecule has 0 spiro atoms. The molecule has 1 aliphatic rings. The molecule has 0 radical (unpaired) electrons. The van der Waals surface area contributed by atoms with E-state index in [2.05, 4.69) is 10.2 Å². The van der Waals surface area contributed by atoms with E-state index in [1.165, 1.54) is 23.9 Å². The number of aromatic nitrogens is 2. The molecule has 1 amide bonds. The Labute approximate surface area is 167 Å². The van der Waals surface area contributed by atoms with E-state index in [1.54, 1.807) is 12.1 Å². The molecule has 1 saturated heterocycles. The molecule has 5 nitrogen and oxygen atoms in total. The number of carbonyl (C=O) groups is 1. The Bertz CT molecular complexity index is 924. The summed E-state index contributed by atoms with van der Waals surface area (Å²) in [6.07, 6.45) is 3.23. The van der Waals surface area contributed by atoms with E-state index >= 15 is 0 Å². The van der Waals surface area contributed by atoms with Crippen molar-refractivity contribution < 1.29 is 13.6 Å². The SMILES string of the molecule is O=C([C@@H](Sc1nnc(-c2ccc(F)cc2)o1)c1ccccc1)N1CCCCC1. The standard InChI is InChI=1S/C21H20FN3O2S/c22-17-11-9-16(10-12-17)19-23-24-21(27-19)28-18(15-7-3-1-4-8-15)20(26)25-13-5-2-6-14-25/h1,3-4,7-12,18H,2,5-6,13-14H2/t18-/m0/s1. The first kappa shape index (κ1) is 18.7. The molecule has 144 valence electrons. The van der Waals surface area contributed by atoms with E-state index in [1.807, 2.05) is 35.2 Å². The third-order valence-electron chi connectivity index (χ3n) is 4.71. The van der Waals surface area contributed by atoms with E-state index in [0.29, 0.717) is 16.7 Å². The van der Waals surface area contributed by atoms with Crippen molar-refractivity contribution in [1.29, 1.82) is 0 Å². The van der Waals surface area contributed by atoms with Gasteiger partial charge < -0.3 is 9.32 Å². The molecule has 2 heterocycles. The second-order valence-electron chi connectivity index (χ2n) is 6.67. The first-order valence-corrected chi connectivity index (χ1v) is 10.2. The van der Waals surface area contributed by atoms with Crippen LogP contribution in [0.1, 0.15) is 30.1 Å². The van der Waals surface area contributed by atoms with Crippen LogP contribution in [0.4, 0.5) is 4.39 Å². The highest BCUT2D eigenvalue weighted by molar-refractivity contribution is 8.00. The molecule has 0 aliphatic carbocycles. The summed E-state index contributed by atoms with van der Waals surface area (Å²) in [6, 6.07) is 15.5. The smallest absolute Gasteiger partial charge is 0.277 e. The van der Waals surface area contributed by atoms with Crippen LogP contribution >= 0.6 is 11.8 Å². The van der Waals surface area contributed by atoms with Gasteiger partial charge in [-0.25, -0.2) is 4.39 Å². The second-order valence-corrected chi connectivity index (χ2v) is 7.73. The van der Waals surface area contributed by atoms with E-state index in [9.17, 15) is 9.18 Å². The van der Waals surface area contributed by atoms with Gasteiger partial charge in [0.15, 0.2) is 0 Å². The monoisotopic (exact) mass is 397 g/mol. The number of piperidine rings is 1. The van der Waals surface area contributed by atoms with Gasteiger partial charge in [-0.15, -0.1) is 10.2 Å². The number of carbonyl (C=O) groups excluding carboxylic acids is 1. The van der Waals surface area contributed by atoms with Crippen LogP contribution < -0.4 is 0 Å². The Morgan fingerprint density at radius 2 is 1.71 bits per heavy atom. The number of halogens is 1. The zero-order valence-electron chi connectivity index (χ0n) is 15.3. The molecule has 1 aromatic heterocycles. The average Bonchev–Trinajstić information content (AvgIpc) is 3.22. The minimum Gasteiger partial charge on any atom is -0.411 e. The lowest BCUT2D eigenvalue weighted by molar-refractivity contribution is -0.131. The Hall–Kier alpha value is -2.67. The molecule has 1 fully saturated rings. The lowest BCUT2D eigenvalue weighted by Crippen LogP contribution is -2.38. The zero-order chi connectivity index (χ0) is 19.3. The highest BCUT2D eigenvalue weighted by Gasteiger charge is 2.29. The van der Waals surface area contributed by atoms with Gasteiger partial charge in [-0.3, -0.25) is 4.79 Å². The minimum absolute atomic E-state index is 0.0671. The number of rotatable bonds is 5.